The van der Waals surface area contributed by atoms with E-state index in [1.54, 1.807) is 30.5 Å². The van der Waals surface area contributed by atoms with Gasteiger partial charge in [0.05, 0.1) is 5.56 Å². The highest BCUT2D eigenvalue weighted by molar-refractivity contribution is 7.90. The van der Waals surface area contributed by atoms with Crippen LogP contribution in [0, 0.1) is 5.92 Å². The Morgan fingerprint density at radius 1 is 1.08 bits per heavy atom. The molecular weight excluding hydrogens is 500 g/mol. The van der Waals surface area contributed by atoms with E-state index in [1.165, 1.54) is 6.07 Å². The molecule has 38 heavy (non-hydrogen) atoms. The Balaban J connectivity index is 1.52. The Hall–Kier alpha value is -3.66. The van der Waals surface area contributed by atoms with Crippen LogP contribution in [-0.4, -0.2) is 49.5 Å². The number of nitrogens with zero attached hydrogens (tertiary/aromatic N) is 4. The first kappa shape index (κ1) is 27.4. The highest BCUT2D eigenvalue weighted by Crippen LogP contribution is 2.38. The van der Waals surface area contributed by atoms with Gasteiger partial charge in [-0.3, -0.25) is 4.79 Å². The molecule has 1 unspecified atom stereocenters. The van der Waals surface area contributed by atoms with E-state index in [2.05, 4.69) is 64.4 Å². The maximum Gasteiger partial charge on any atom is 0.281 e. The summed E-state index contributed by atoms with van der Waals surface area (Å²) in [7, 11) is -4.23. The van der Waals surface area contributed by atoms with Crippen molar-refractivity contribution in [1.29, 1.82) is 0 Å². The van der Waals surface area contributed by atoms with Crippen LogP contribution in [0.1, 0.15) is 51.4 Å². The highest BCUT2D eigenvalue weighted by atomic mass is 32.2. The maximum absolute atomic E-state index is 13.2. The number of carbonyl (C=O) groups is 1. The Bertz CT molecular complexity index is 1390. The molecule has 1 atom stereocenters. The number of amides is 1. The van der Waals surface area contributed by atoms with E-state index in [0.29, 0.717) is 17.6 Å². The van der Waals surface area contributed by atoms with Crippen LogP contribution in [0.25, 0.3) is 0 Å². The lowest BCUT2D eigenvalue weighted by atomic mass is 9.90. The van der Waals surface area contributed by atoms with Crippen LogP contribution in [0.5, 0.6) is 0 Å². The Morgan fingerprint density at radius 3 is 2.42 bits per heavy atom. The van der Waals surface area contributed by atoms with E-state index in [9.17, 15) is 13.2 Å². The number of pyridine rings is 2. The second-order valence-electron chi connectivity index (χ2n) is 10.0. The molecule has 202 valence electrons. The van der Waals surface area contributed by atoms with Gasteiger partial charge < -0.3 is 15.1 Å². The van der Waals surface area contributed by atoms with Crippen molar-refractivity contribution in [3.05, 3.63) is 66.4 Å². The predicted molar refractivity (Wildman–Crippen MR) is 152 cm³/mol. The van der Waals surface area contributed by atoms with Gasteiger partial charge in [-0.05, 0) is 88.6 Å². The average Bonchev–Trinajstić information content (AvgIpc) is 3.17. The molecule has 1 aliphatic rings. The fourth-order valence-corrected chi connectivity index (χ4v) is 5.69. The molecule has 1 amide bonds. The first-order chi connectivity index (χ1) is 18.1. The smallest absolute Gasteiger partial charge is 0.281 e. The van der Waals surface area contributed by atoms with Crippen molar-refractivity contribution >= 4 is 38.9 Å². The minimum absolute atomic E-state index is 0.209. The van der Waals surface area contributed by atoms with Crippen LogP contribution >= 0.6 is 0 Å². The first-order valence-electron chi connectivity index (χ1n) is 13.0. The number of rotatable bonds is 9. The summed E-state index contributed by atoms with van der Waals surface area (Å²) in [4.78, 5) is 26.2. The van der Waals surface area contributed by atoms with Gasteiger partial charge >= 0.3 is 0 Å². The normalized spacial score (nSPS) is 16.8. The molecule has 1 fully saturated rings. The number of nitrogens with one attached hydrogen (secondary N) is 2. The van der Waals surface area contributed by atoms with Gasteiger partial charge in [-0.25, -0.2) is 14.7 Å². The van der Waals surface area contributed by atoms with Crippen LogP contribution in [0.4, 0.5) is 23.0 Å². The van der Waals surface area contributed by atoms with Crippen molar-refractivity contribution in [3.8, 4) is 0 Å². The zero-order valence-corrected chi connectivity index (χ0v) is 23.4. The van der Waals surface area contributed by atoms with E-state index in [-0.39, 0.29) is 16.1 Å². The molecule has 2 aromatic heterocycles. The number of benzene rings is 1. The number of aromatic nitrogens is 2. The largest absolute Gasteiger partial charge is 0.372 e. The number of carbonyl (C=O) groups excluding carboxylic acids is 1. The lowest BCUT2D eigenvalue weighted by molar-refractivity contribution is 0.0981. The third-order valence-electron chi connectivity index (χ3n) is 7.47. The quantitative estimate of drug-likeness (QED) is 0.401. The van der Waals surface area contributed by atoms with Crippen molar-refractivity contribution in [2.75, 3.05) is 34.8 Å². The summed E-state index contributed by atoms with van der Waals surface area (Å²) in [5.74, 6) is 0.490. The van der Waals surface area contributed by atoms with E-state index < -0.39 is 15.9 Å². The second-order valence-corrected chi connectivity index (χ2v) is 11.6. The zero-order chi connectivity index (χ0) is 27.5. The monoisotopic (exact) mass is 536 g/mol. The van der Waals surface area contributed by atoms with E-state index >= 15 is 0 Å². The Kier molecular flexibility index (Phi) is 7.91. The SMILES string of the molecule is CCN(CC)c1ccc(Nc2cccc(S(=O)(=O)NC(=O)c3cccnc3N3CCC(C)C3(C)C)n2)cc1. The van der Waals surface area contributed by atoms with Gasteiger partial charge in [0.15, 0.2) is 5.03 Å². The molecule has 0 saturated carbocycles. The number of anilines is 4. The van der Waals surface area contributed by atoms with Crippen LogP contribution in [0.3, 0.4) is 0 Å². The van der Waals surface area contributed by atoms with Gasteiger partial charge in [0.2, 0.25) is 0 Å². The summed E-state index contributed by atoms with van der Waals surface area (Å²) in [5, 5.41) is 2.89. The lowest BCUT2D eigenvalue weighted by Crippen LogP contribution is -2.43. The Labute approximate surface area is 225 Å². The van der Waals surface area contributed by atoms with Gasteiger partial charge in [0, 0.05) is 42.7 Å². The number of sulfonamides is 1. The second kappa shape index (κ2) is 11.0. The predicted octanol–water partition coefficient (Wildman–Crippen LogP) is 4.81. The van der Waals surface area contributed by atoms with Crippen molar-refractivity contribution in [3.63, 3.8) is 0 Å². The van der Waals surface area contributed by atoms with Crippen LogP contribution in [0.2, 0.25) is 0 Å². The summed E-state index contributed by atoms with van der Waals surface area (Å²) in [6.07, 6.45) is 2.58. The minimum Gasteiger partial charge on any atom is -0.372 e. The van der Waals surface area contributed by atoms with Crippen molar-refractivity contribution < 1.29 is 13.2 Å². The third-order valence-corrected chi connectivity index (χ3v) is 8.70. The maximum atomic E-state index is 13.2. The van der Waals surface area contributed by atoms with Gasteiger partial charge in [-0.15, -0.1) is 0 Å². The molecule has 2 N–H and O–H groups in total. The summed E-state index contributed by atoms with van der Waals surface area (Å²) < 4.78 is 28.5. The molecule has 3 heterocycles. The molecule has 4 rings (SSSR count). The molecule has 0 spiro atoms. The van der Waals surface area contributed by atoms with Crippen LogP contribution < -0.4 is 19.8 Å². The van der Waals surface area contributed by atoms with Crippen LogP contribution in [0.15, 0.2) is 65.8 Å². The topological polar surface area (TPSA) is 108 Å². The van der Waals surface area contributed by atoms with Gasteiger partial charge in [0.1, 0.15) is 11.6 Å². The zero-order valence-electron chi connectivity index (χ0n) is 22.6. The fourth-order valence-electron chi connectivity index (χ4n) is 4.75. The minimum atomic E-state index is -4.23. The molecule has 10 heteroatoms. The number of hydrogen-bond donors (Lipinski definition) is 2. The van der Waals surface area contributed by atoms with E-state index in [1.807, 2.05) is 24.3 Å². The van der Waals surface area contributed by atoms with Gasteiger partial charge in [-0.2, -0.15) is 8.42 Å². The molecule has 9 nitrogen and oxygen atoms in total. The molecular formula is C28H36N6O3S. The molecule has 0 radical (unpaired) electrons. The molecule has 1 aromatic carbocycles. The van der Waals surface area contributed by atoms with Crippen LogP contribution in [-0.2, 0) is 10.0 Å². The third kappa shape index (κ3) is 5.60. The van der Waals surface area contributed by atoms with E-state index in [4.69, 9.17) is 0 Å². The van der Waals surface area contributed by atoms with Crippen molar-refractivity contribution in [2.24, 2.45) is 5.92 Å². The van der Waals surface area contributed by atoms with Gasteiger partial charge in [-0.1, -0.05) is 13.0 Å². The molecule has 0 bridgehead atoms. The standard InChI is InChI=1S/C28H36N6O3S/c1-6-33(7-2)22-15-13-21(14-16-22)30-24-11-8-12-25(31-24)38(36,37)32-27(35)23-10-9-18-29-26(23)34-19-17-20(3)28(34,4)5/h8-16,18,20H,6-7,17,19H2,1-5H3,(H,30,31)(H,32,35). The summed E-state index contributed by atoms with van der Waals surface area (Å²) in [6, 6.07) is 15.7. The Morgan fingerprint density at radius 2 is 1.79 bits per heavy atom. The summed E-state index contributed by atoms with van der Waals surface area (Å²) in [5.41, 5.74) is 1.87. The fraction of sp³-hybridized carbons (Fsp3) is 0.393. The average molecular weight is 537 g/mol. The highest BCUT2D eigenvalue weighted by Gasteiger charge is 2.40. The summed E-state index contributed by atoms with van der Waals surface area (Å²) in [6.45, 7) is 13.1. The molecule has 0 aliphatic carbocycles. The molecule has 1 saturated heterocycles. The van der Waals surface area contributed by atoms with Crippen molar-refractivity contribution in [2.45, 2.75) is 51.6 Å². The summed E-state index contributed by atoms with van der Waals surface area (Å²) >= 11 is 0. The van der Waals surface area contributed by atoms with Gasteiger partial charge in [0.25, 0.3) is 15.9 Å². The first-order valence-corrected chi connectivity index (χ1v) is 14.4. The molecule has 1 aliphatic heterocycles. The number of hydrogen-bond acceptors (Lipinski definition) is 8. The lowest BCUT2D eigenvalue weighted by Gasteiger charge is -2.36. The van der Waals surface area contributed by atoms with E-state index in [0.717, 1.165) is 37.4 Å². The molecule has 3 aromatic rings. The van der Waals surface area contributed by atoms with Crippen molar-refractivity contribution in [1.82, 2.24) is 14.7 Å².